The van der Waals surface area contributed by atoms with Crippen molar-refractivity contribution in [1.29, 1.82) is 0 Å². The monoisotopic (exact) mass is 316 g/mol. The molecule has 94 valence electrons. The Hall–Kier alpha value is -2.14. The van der Waals surface area contributed by atoms with E-state index in [1.54, 1.807) is 18.2 Å². The number of phenols is 1. The smallest absolute Gasteiger partial charge is 0.259 e. The second-order valence-electron chi connectivity index (χ2n) is 3.95. The summed E-state index contributed by atoms with van der Waals surface area (Å²) in [6, 6.07) is 14.4. The summed E-state index contributed by atoms with van der Waals surface area (Å²) in [6.45, 7) is 0. The molecule has 19 heavy (non-hydrogen) atoms. The molecule has 0 bridgehead atoms. The largest absolute Gasteiger partial charge is 0.508 e. The minimum Gasteiger partial charge on any atom is -0.508 e. The molecule has 2 aromatic carbocycles. The van der Waals surface area contributed by atoms with E-state index in [0.29, 0.717) is 17.3 Å². The first-order valence-corrected chi connectivity index (χ1v) is 6.41. The number of benzene rings is 2. The molecule has 1 heterocycles. The van der Waals surface area contributed by atoms with Crippen LogP contribution in [-0.2, 0) is 0 Å². The lowest BCUT2D eigenvalue weighted by molar-refractivity contribution is 0.432. The molecule has 1 aromatic heterocycles. The lowest BCUT2D eigenvalue weighted by atomic mass is 10.2. The molecule has 0 spiro atoms. The van der Waals surface area contributed by atoms with E-state index >= 15 is 0 Å². The topological polar surface area (TPSA) is 59.2 Å². The molecule has 5 heteroatoms. The molecule has 0 atom stereocenters. The van der Waals surface area contributed by atoms with E-state index in [2.05, 4.69) is 26.1 Å². The fourth-order valence-corrected chi connectivity index (χ4v) is 2.18. The molecule has 1 N–H and O–H groups in total. The predicted molar refractivity (Wildman–Crippen MR) is 74.5 cm³/mol. The number of rotatable bonds is 2. The van der Waals surface area contributed by atoms with E-state index in [1.807, 2.05) is 30.3 Å². The molecule has 4 nitrogen and oxygen atoms in total. The first-order chi connectivity index (χ1) is 9.24. The normalized spacial score (nSPS) is 10.6. The van der Waals surface area contributed by atoms with Crippen LogP contribution in [-0.4, -0.2) is 15.2 Å². The molecule has 0 amide bonds. The predicted octanol–water partition coefficient (Wildman–Crippen LogP) is 3.87. The van der Waals surface area contributed by atoms with Crippen molar-refractivity contribution >= 4 is 15.9 Å². The van der Waals surface area contributed by atoms with Crippen LogP contribution in [0.4, 0.5) is 0 Å². The van der Waals surface area contributed by atoms with Crippen LogP contribution in [0.5, 0.6) is 5.75 Å². The second kappa shape index (κ2) is 4.85. The van der Waals surface area contributed by atoms with Gasteiger partial charge in [0.2, 0.25) is 5.82 Å². The average Bonchev–Trinajstić information content (AvgIpc) is 2.89. The van der Waals surface area contributed by atoms with Crippen LogP contribution in [0.2, 0.25) is 0 Å². The molecular weight excluding hydrogens is 308 g/mol. The van der Waals surface area contributed by atoms with E-state index < -0.39 is 0 Å². The highest BCUT2D eigenvalue weighted by atomic mass is 79.9. The molecule has 0 fully saturated rings. The van der Waals surface area contributed by atoms with Gasteiger partial charge in [0.25, 0.3) is 5.89 Å². The highest BCUT2D eigenvalue weighted by Gasteiger charge is 2.12. The van der Waals surface area contributed by atoms with Gasteiger partial charge in [-0.1, -0.05) is 29.4 Å². The number of nitrogens with zero attached hydrogens (tertiary/aromatic N) is 2. The fourth-order valence-electron chi connectivity index (χ4n) is 1.73. The van der Waals surface area contributed by atoms with Gasteiger partial charge in [0.15, 0.2) is 0 Å². The van der Waals surface area contributed by atoms with Crippen molar-refractivity contribution in [1.82, 2.24) is 10.1 Å². The Kier molecular flexibility index (Phi) is 3.05. The number of phenolic OH excluding ortho intramolecular Hbond substituents is 1. The van der Waals surface area contributed by atoms with Crippen LogP contribution in [0.3, 0.4) is 0 Å². The van der Waals surface area contributed by atoms with Crippen LogP contribution < -0.4 is 0 Å². The minimum absolute atomic E-state index is 0.171. The third kappa shape index (κ3) is 2.37. The standard InChI is InChI=1S/C14H9BrN2O2/c15-12-7-2-1-6-11(12)14-16-13(17-19-14)9-4-3-5-10(18)8-9/h1-8,18H. The molecule has 0 aliphatic heterocycles. The van der Waals surface area contributed by atoms with Crippen molar-refractivity contribution in [3.05, 3.63) is 53.0 Å². The van der Waals surface area contributed by atoms with Gasteiger partial charge in [0, 0.05) is 10.0 Å². The maximum absolute atomic E-state index is 9.45. The first-order valence-electron chi connectivity index (χ1n) is 5.62. The highest BCUT2D eigenvalue weighted by Crippen LogP contribution is 2.28. The van der Waals surface area contributed by atoms with Gasteiger partial charge < -0.3 is 9.63 Å². The van der Waals surface area contributed by atoms with E-state index in [0.717, 1.165) is 10.0 Å². The van der Waals surface area contributed by atoms with Gasteiger partial charge in [-0.2, -0.15) is 4.98 Å². The van der Waals surface area contributed by atoms with E-state index in [-0.39, 0.29) is 5.75 Å². The summed E-state index contributed by atoms with van der Waals surface area (Å²) < 4.78 is 6.14. The molecule has 3 rings (SSSR count). The fraction of sp³-hybridized carbons (Fsp3) is 0. The van der Waals surface area contributed by atoms with Gasteiger partial charge in [-0.3, -0.25) is 0 Å². The minimum atomic E-state index is 0.171. The van der Waals surface area contributed by atoms with Crippen LogP contribution in [0.1, 0.15) is 0 Å². The molecule has 0 aliphatic carbocycles. The Morgan fingerprint density at radius 3 is 2.68 bits per heavy atom. The maximum atomic E-state index is 9.45. The number of hydrogen-bond acceptors (Lipinski definition) is 4. The Balaban J connectivity index is 2.03. The molecule has 3 aromatic rings. The number of hydrogen-bond donors (Lipinski definition) is 1. The van der Waals surface area contributed by atoms with Crippen molar-refractivity contribution in [3.63, 3.8) is 0 Å². The second-order valence-corrected chi connectivity index (χ2v) is 4.81. The van der Waals surface area contributed by atoms with Crippen molar-refractivity contribution in [3.8, 4) is 28.6 Å². The number of halogens is 1. The zero-order valence-corrected chi connectivity index (χ0v) is 11.3. The highest BCUT2D eigenvalue weighted by molar-refractivity contribution is 9.10. The molecule has 0 saturated heterocycles. The van der Waals surface area contributed by atoms with Crippen molar-refractivity contribution in [2.45, 2.75) is 0 Å². The molecule has 0 aliphatic rings. The number of aromatic hydroxyl groups is 1. The molecular formula is C14H9BrN2O2. The quantitative estimate of drug-likeness (QED) is 0.779. The van der Waals surface area contributed by atoms with Crippen molar-refractivity contribution in [2.24, 2.45) is 0 Å². The summed E-state index contributed by atoms with van der Waals surface area (Å²) in [5, 5.41) is 13.4. The van der Waals surface area contributed by atoms with Gasteiger partial charge >= 0.3 is 0 Å². The van der Waals surface area contributed by atoms with Crippen molar-refractivity contribution < 1.29 is 9.63 Å². The molecule has 0 unspecified atom stereocenters. The Labute approximate surface area is 117 Å². The SMILES string of the molecule is Oc1cccc(-c2noc(-c3ccccc3Br)n2)c1. The Bertz CT molecular complexity index is 725. The average molecular weight is 317 g/mol. The summed E-state index contributed by atoms with van der Waals surface area (Å²) >= 11 is 3.44. The van der Waals surface area contributed by atoms with Gasteiger partial charge in [-0.05, 0) is 40.2 Å². The van der Waals surface area contributed by atoms with Crippen LogP contribution in [0.15, 0.2) is 57.5 Å². The molecule has 0 saturated carbocycles. The summed E-state index contributed by atoms with van der Waals surface area (Å²) in [5.41, 5.74) is 1.54. The molecule has 0 radical (unpaired) electrons. The van der Waals surface area contributed by atoms with Crippen LogP contribution in [0, 0.1) is 0 Å². The Morgan fingerprint density at radius 2 is 1.89 bits per heavy atom. The lowest BCUT2D eigenvalue weighted by Gasteiger charge is -1.96. The third-order valence-electron chi connectivity index (χ3n) is 2.63. The zero-order chi connectivity index (χ0) is 13.2. The summed E-state index contributed by atoms with van der Waals surface area (Å²) in [7, 11) is 0. The van der Waals surface area contributed by atoms with Crippen LogP contribution in [0.25, 0.3) is 22.8 Å². The van der Waals surface area contributed by atoms with Gasteiger partial charge in [-0.25, -0.2) is 0 Å². The lowest BCUT2D eigenvalue weighted by Crippen LogP contribution is -1.81. The zero-order valence-electron chi connectivity index (χ0n) is 9.75. The summed E-state index contributed by atoms with van der Waals surface area (Å²) in [4.78, 5) is 4.33. The third-order valence-corrected chi connectivity index (χ3v) is 3.33. The van der Waals surface area contributed by atoms with Gasteiger partial charge in [0.1, 0.15) is 5.75 Å². The summed E-state index contributed by atoms with van der Waals surface area (Å²) in [6.07, 6.45) is 0. The van der Waals surface area contributed by atoms with Crippen LogP contribution >= 0.6 is 15.9 Å². The summed E-state index contributed by atoms with van der Waals surface area (Å²) in [5.74, 6) is 1.05. The van der Waals surface area contributed by atoms with Gasteiger partial charge in [-0.15, -0.1) is 0 Å². The van der Waals surface area contributed by atoms with E-state index in [9.17, 15) is 5.11 Å². The first kappa shape index (κ1) is 11.9. The number of aromatic nitrogens is 2. The van der Waals surface area contributed by atoms with Gasteiger partial charge in [0.05, 0.1) is 5.56 Å². The maximum Gasteiger partial charge on any atom is 0.259 e. The van der Waals surface area contributed by atoms with Crippen molar-refractivity contribution in [2.75, 3.05) is 0 Å². The Morgan fingerprint density at radius 1 is 1.05 bits per heavy atom. The van der Waals surface area contributed by atoms with E-state index in [1.165, 1.54) is 0 Å². The van der Waals surface area contributed by atoms with E-state index in [4.69, 9.17) is 4.52 Å².